The van der Waals surface area contributed by atoms with E-state index in [1.54, 1.807) is 25.1 Å². The molecular formula is C13H15ClO4. The fourth-order valence-electron chi connectivity index (χ4n) is 1.52. The van der Waals surface area contributed by atoms with Crippen LogP contribution in [-0.4, -0.2) is 25.7 Å². The van der Waals surface area contributed by atoms with Crippen molar-refractivity contribution in [3.8, 4) is 0 Å². The van der Waals surface area contributed by atoms with Crippen molar-refractivity contribution in [1.82, 2.24) is 0 Å². The summed E-state index contributed by atoms with van der Waals surface area (Å²) in [6.07, 6.45) is 0.588. The predicted molar refractivity (Wildman–Crippen MR) is 67.7 cm³/mol. The summed E-state index contributed by atoms with van der Waals surface area (Å²) in [5.41, 5.74) is 1.12. The molecule has 0 aliphatic rings. The van der Waals surface area contributed by atoms with Crippen molar-refractivity contribution in [2.75, 3.05) is 13.7 Å². The van der Waals surface area contributed by atoms with E-state index in [4.69, 9.17) is 16.3 Å². The third kappa shape index (κ3) is 4.04. The normalized spacial score (nSPS) is 9.94. The number of hydrogen-bond donors (Lipinski definition) is 0. The molecule has 0 unspecified atom stereocenters. The van der Waals surface area contributed by atoms with Crippen LogP contribution in [0.15, 0.2) is 18.2 Å². The van der Waals surface area contributed by atoms with Crippen LogP contribution in [0.2, 0.25) is 5.02 Å². The smallest absolute Gasteiger partial charge is 0.338 e. The van der Waals surface area contributed by atoms with E-state index in [1.807, 2.05) is 0 Å². The number of carbonyl (C=O) groups is 2. The maximum atomic E-state index is 11.7. The zero-order valence-corrected chi connectivity index (χ0v) is 11.1. The van der Waals surface area contributed by atoms with Crippen molar-refractivity contribution < 1.29 is 19.1 Å². The van der Waals surface area contributed by atoms with Crippen molar-refractivity contribution in [2.24, 2.45) is 0 Å². The molecule has 98 valence electrons. The first-order valence-electron chi connectivity index (χ1n) is 5.60. The van der Waals surface area contributed by atoms with Crippen LogP contribution < -0.4 is 0 Å². The van der Waals surface area contributed by atoms with Crippen LogP contribution in [0, 0.1) is 0 Å². The molecule has 0 aliphatic heterocycles. The summed E-state index contributed by atoms with van der Waals surface area (Å²) in [6.45, 7) is 2.04. The predicted octanol–water partition coefficient (Wildman–Crippen LogP) is 2.62. The Bertz CT molecular complexity index is 443. The third-order valence-electron chi connectivity index (χ3n) is 2.39. The summed E-state index contributed by atoms with van der Waals surface area (Å²) in [5.74, 6) is -0.737. The summed E-state index contributed by atoms with van der Waals surface area (Å²) < 4.78 is 9.51. The van der Waals surface area contributed by atoms with Gasteiger partial charge in [0.1, 0.15) is 0 Å². The topological polar surface area (TPSA) is 52.6 Å². The molecule has 1 aromatic rings. The largest absolute Gasteiger partial charge is 0.469 e. The molecule has 0 saturated heterocycles. The number of ether oxygens (including phenoxy) is 2. The Labute approximate surface area is 111 Å². The Kier molecular flexibility index (Phi) is 5.65. The summed E-state index contributed by atoms with van der Waals surface area (Å²) >= 11 is 5.88. The van der Waals surface area contributed by atoms with E-state index in [-0.39, 0.29) is 12.4 Å². The van der Waals surface area contributed by atoms with Crippen LogP contribution in [0.25, 0.3) is 0 Å². The molecule has 5 heteroatoms. The van der Waals surface area contributed by atoms with Crippen LogP contribution in [0.1, 0.15) is 29.3 Å². The number of hydrogen-bond acceptors (Lipinski definition) is 4. The highest BCUT2D eigenvalue weighted by molar-refractivity contribution is 6.30. The van der Waals surface area contributed by atoms with Gasteiger partial charge in [-0.05, 0) is 37.1 Å². The van der Waals surface area contributed by atoms with Crippen molar-refractivity contribution in [2.45, 2.75) is 19.8 Å². The van der Waals surface area contributed by atoms with Crippen LogP contribution in [0.3, 0.4) is 0 Å². The van der Waals surface area contributed by atoms with Gasteiger partial charge in [-0.15, -0.1) is 0 Å². The zero-order valence-electron chi connectivity index (χ0n) is 10.4. The first-order chi connectivity index (χ1) is 8.58. The summed E-state index contributed by atoms with van der Waals surface area (Å²) in [6, 6.07) is 4.89. The van der Waals surface area contributed by atoms with Crippen LogP contribution in [0.5, 0.6) is 0 Å². The molecular weight excluding hydrogens is 256 g/mol. The maximum Gasteiger partial charge on any atom is 0.338 e. The molecule has 0 amide bonds. The number of esters is 2. The molecule has 0 aliphatic carbocycles. The van der Waals surface area contributed by atoms with E-state index >= 15 is 0 Å². The van der Waals surface area contributed by atoms with Gasteiger partial charge in [-0.1, -0.05) is 11.6 Å². The minimum Gasteiger partial charge on any atom is -0.469 e. The average Bonchev–Trinajstić information content (AvgIpc) is 2.36. The molecule has 0 atom stereocenters. The number of carbonyl (C=O) groups excluding carboxylic acids is 2. The highest BCUT2D eigenvalue weighted by Crippen LogP contribution is 2.19. The lowest BCUT2D eigenvalue weighted by Gasteiger charge is -2.08. The lowest BCUT2D eigenvalue weighted by atomic mass is 10.0. The first-order valence-corrected chi connectivity index (χ1v) is 5.98. The fourth-order valence-corrected chi connectivity index (χ4v) is 1.71. The maximum absolute atomic E-state index is 11.7. The second kappa shape index (κ2) is 7.01. The Morgan fingerprint density at radius 3 is 2.67 bits per heavy atom. The molecule has 1 aromatic carbocycles. The standard InChI is InChI=1S/C13H15ClO4/c1-3-18-13(16)11-6-5-10(14)8-9(11)4-7-12(15)17-2/h5-6,8H,3-4,7H2,1-2H3. The minimum atomic E-state index is -0.408. The van der Waals surface area contributed by atoms with E-state index in [1.165, 1.54) is 7.11 Å². The van der Waals surface area contributed by atoms with E-state index in [0.29, 0.717) is 29.2 Å². The Morgan fingerprint density at radius 2 is 2.06 bits per heavy atom. The molecule has 18 heavy (non-hydrogen) atoms. The van der Waals surface area contributed by atoms with Crippen LogP contribution in [-0.2, 0) is 20.7 Å². The van der Waals surface area contributed by atoms with Gasteiger partial charge in [-0.3, -0.25) is 4.79 Å². The Balaban J connectivity index is 2.89. The Hall–Kier alpha value is -1.55. The second-order valence-electron chi connectivity index (χ2n) is 3.60. The molecule has 0 N–H and O–H groups in total. The van der Waals surface area contributed by atoms with Gasteiger partial charge in [0.05, 0.1) is 19.3 Å². The number of halogens is 1. The van der Waals surface area contributed by atoms with E-state index < -0.39 is 5.97 Å². The van der Waals surface area contributed by atoms with E-state index in [0.717, 1.165) is 0 Å². The molecule has 0 spiro atoms. The van der Waals surface area contributed by atoms with Gasteiger partial charge >= 0.3 is 11.9 Å². The third-order valence-corrected chi connectivity index (χ3v) is 2.62. The van der Waals surface area contributed by atoms with Gasteiger partial charge in [0.15, 0.2) is 0 Å². The monoisotopic (exact) mass is 270 g/mol. The van der Waals surface area contributed by atoms with Crippen molar-refractivity contribution in [3.63, 3.8) is 0 Å². The van der Waals surface area contributed by atoms with Gasteiger partial charge < -0.3 is 9.47 Å². The number of rotatable bonds is 5. The fraction of sp³-hybridized carbons (Fsp3) is 0.385. The second-order valence-corrected chi connectivity index (χ2v) is 4.03. The van der Waals surface area contributed by atoms with Gasteiger partial charge in [0.25, 0.3) is 0 Å². The summed E-state index contributed by atoms with van der Waals surface area (Å²) in [5, 5.41) is 0.517. The van der Waals surface area contributed by atoms with Crippen molar-refractivity contribution >= 4 is 23.5 Å². The number of methoxy groups -OCH3 is 1. The quantitative estimate of drug-likeness (QED) is 0.772. The lowest BCUT2D eigenvalue weighted by molar-refractivity contribution is -0.140. The van der Waals surface area contributed by atoms with Gasteiger partial charge in [-0.2, -0.15) is 0 Å². The number of benzene rings is 1. The average molecular weight is 271 g/mol. The Morgan fingerprint density at radius 1 is 1.33 bits per heavy atom. The molecule has 0 heterocycles. The number of aryl methyl sites for hydroxylation is 1. The zero-order chi connectivity index (χ0) is 13.5. The highest BCUT2D eigenvalue weighted by atomic mass is 35.5. The molecule has 0 aromatic heterocycles. The van der Waals surface area contributed by atoms with Crippen LogP contribution >= 0.6 is 11.6 Å². The molecule has 0 bridgehead atoms. The van der Waals surface area contributed by atoms with Crippen LogP contribution in [0.4, 0.5) is 0 Å². The SMILES string of the molecule is CCOC(=O)c1ccc(Cl)cc1CCC(=O)OC. The van der Waals surface area contributed by atoms with Gasteiger partial charge in [0.2, 0.25) is 0 Å². The molecule has 0 radical (unpaired) electrons. The molecule has 4 nitrogen and oxygen atoms in total. The van der Waals surface area contributed by atoms with E-state index in [2.05, 4.69) is 4.74 Å². The van der Waals surface area contributed by atoms with Crippen molar-refractivity contribution in [1.29, 1.82) is 0 Å². The summed E-state index contributed by atoms with van der Waals surface area (Å²) in [4.78, 5) is 22.8. The highest BCUT2D eigenvalue weighted by Gasteiger charge is 2.14. The molecule has 0 saturated carbocycles. The van der Waals surface area contributed by atoms with Gasteiger partial charge in [0, 0.05) is 11.4 Å². The first kappa shape index (κ1) is 14.5. The minimum absolute atomic E-state index is 0.198. The lowest BCUT2D eigenvalue weighted by Crippen LogP contribution is -2.10. The van der Waals surface area contributed by atoms with E-state index in [9.17, 15) is 9.59 Å². The molecule has 1 rings (SSSR count). The van der Waals surface area contributed by atoms with Gasteiger partial charge in [-0.25, -0.2) is 4.79 Å². The summed E-state index contributed by atoms with van der Waals surface area (Å²) in [7, 11) is 1.33. The molecule has 0 fully saturated rings. The van der Waals surface area contributed by atoms with Crippen molar-refractivity contribution in [3.05, 3.63) is 34.3 Å².